The number of carbonyl (C=O) groups is 3. The number of aromatic nitrogens is 3. The van der Waals surface area contributed by atoms with Crippen LogP contribution in [0.15, 0.2) is 41.6 Å². The highest BCUT2D eigenvalue weighted by Gasteiger charge is 2.16. The van der Waals surface area contributed by atoms with E-state index in [1.165, 1.54) is 44.2 Å². The number of aryl methyl sites for hydroxylation is 2. The maximum Gasteiger partial charge on any atom is 0.337 e. The Morgan fingerprint density at radius 2 is 1.70 bits per heavy atom. The summed E-state index contributed by atoms with van der Waals surface area (Å²) in [6.07, 6.45) is 1.39. The molecule has 0 radical (unpaired) electrons. The molecule has 37 heavy (non-hydrogen) atoms. The van der Waals surface area contributed by atoms with Crippen molar-refractivity contribution in [2.24, 2.45) is 7.05 Å². The van der Waals surface area contributed by atoms with Gasteiger partial charge in [-0.2, -0.15) is 0 Å². The van der Waals surface area contributed by atoms with Gasteiger partial charge in [-0.15, -0.1) is 10.2 Å². The van der Waals surface area contributed by atoms with Gasteiger partial charge in [-0.05, 0) is 55.3 Å². The van der Waals surface area contributed by atoms with E-state index in [0.29, 0.717) is 23.2 Å². The van der Waals surface area contributed by atoms with Gasteiger partial charge in [-0.1, -0.05) is 23.4 Å². The van der Waals surface area contributed by atoms with E-state index < -0.39 is 11.9 Å². The van der Waals surface area contributed by atoms with E-state index in [2.05, 4.69) is 15.5 Å². The quantitative estimate of drug-likeness (QED) is 0.215. The van der Waals surface area contributed by atoms with Crippen molar-refractivity contribution in [3.8, 4) is 5.75 Å². The first kappa shape index (κ1) is 28.0. The van der Waals surface area contributed by atoms with E-state index in [9.17, 15) is 14.4 Å². The summed E-state index contributed by atoms with van der Waals surface area (Å²) in [5.41, 5.74) is 1.47. The van der Waals surface area contributed by atoms with Gasteiger partial charge in [0, 0.05) is 24.2 Å². The Kier molecular flexibility index (Phi) is 9.93. The fourth-order valence-corrected chi connectivity index (χ4v) is 4.33. The minimum Gasteiger partial charge on any atom is -0.493 e. The van der Waals surface area contributed by atoms with E-state index in [1.807, 2.05) is 30.7 Å². The molecule has 0 aliphatic heterocycles. The molecule has 1 heterocycles. The normalized spacial score (nSPS) is 10.6. The van der Waals surface area contributed by atoms with Crippen LogP contribution in [0.1, 0.15) is 38.5 Å². The number of carbonyl (C=O) groups excluding carboxylic acids is 3. The Labute approximate surface area is 223 Å². The highest BCUT2D eigenvalue weighted by Crippen LogP contribution is 2.23. The maximum absolute atomic E-state index is 12.6. The Balaban J connectivity index is 1.53. The number of nitrogens with one attached hydrogen (secondary N) is 1. The highest BCUT2D eigenvalue weighted by molar-refractivity contribution is 7.99. The lowest BCUT2D eigenvalue weighted by Gasteiger charge is -2.10. The molecule has 0 saturated heterocycles. The summed E-state index contributed by atoms with van der Waals surface area (Å²) >= 11 is 7.19. The summed E-state index contributed by atoms with van der Waals surface area (Å²) in [5, 5.41) is 12.3. The van der Waals surface area contributed by atoms with Gasteiger partial charge in [-0.25, -0.2) is 9.59 Å². The Bertz CT molecular complexity index is 1260. The SMILES string of the molecule is COC(=O)c1cc(NC(=O)CSc2nnc(CCCOc3ccc(Cl)cc3C)n2C)cc(C(=O)OC)c1. The average Bonchev–Trinajstić information content (AvgIpc) is 3.24. The van der Waals surface area contributed by atoms with Gasteiger partial charge in [0.25, 0.3) is 0 Å². The number of nitrogens with zero attached hydrogens (tertiary/aromatic N) is 3. The van der Waals surface area contributed by atoms with Gasteiger partial charge in [0.15, 0.2) is 5.16 Å². The molecule has 0 fully saturated rings. The van der Waals surface area contributed by atoms with Crippen LogP contribution in [0.25, 0.3) is 0 Å². The fraction of sp³-hybridized carbons (Fsp3) is 0.320. The van der Waals surface area contributed by atoms with Crippen LogP contribution < -0.4 is 10.1 Å². The molecule has 12 heteroatoms. The molecule has 0 spiro atoms. The van der Waals surface area contributed by atoms with Crippen LogP contribution in [-0.2, 0) is 27.7 Å². The van der Waals surface area contributed by atoms with Gasteiger partial charge in [-0.3, -0.25) is 4.79 Å². The van der Waals surface area contributed by atoms with Gasteiger partial charge in [0.05, 0.1) is 37.7 Å². The van der Waals surface area contributed by atoms with Crippen molar-refractivity contribution in [3.05, 3.63) is 63.9 Å². The number of hydrogen-bond acceptors (Lipinski definition) is 9. The van der Waals surface area contributed by atoms with E-state index >= 15 is 0 Å². The Morgan fingerprint density at radius 1 is 1.03 bits per heavy atom. The third-order valence-corrected chi connectivity index (χ3v) is 6.51. The average molecular weight is 547 g/mol. The van der Waals surface area contributed by atoms with Crippen molar-refractivity contribution in [1.29, 1.82) is 0 Å². The molecule has 0 unspecified atom stereocenters. The van der Waals surface area contributed by atoms with Gasteiger partial charge >= 0.3 is 11.9 Å². The number of ether oxygens (including phenoxy) is 3. The van der Waals surface area contributed by atoms with Crippen molar-refractivity contribution in [3.63, 3.8) is 0 Å². The minimum atomic E-state index is -0.643. The first-order valence-corrected chi connectivity index (χ1v) is 12.6. The number of anilines is 1. The molecule has 0 atom stereocenters. The van der Waals surface area contributed by atoms with Crippen LogP contribution >= 0.6 is 23.4 Å². The number of thioether (sulfide) groups is 1. The fourth-order valence-electron chi connectivity index (χ4n) is 3.37. The Hall–Kier alpha value is -3.57. The summed E-state index contributed by atoms with van der Waals surface area (Å²) in [6, 6.07) is 9.68. The molecule has 196 valence electrons. The molecule has 3 aromatic rings. The van der Waals surface area contributed by atoms with Crippen LogP contribution in [0.3, 0.4) is 0 Å². The minimum absolute atomic E-state index is 0.0426. The van der Waals surface area contributed by atoms with Crippen LogP contribution in [0.5, 0.6) is 5.75 Å². The molecular formula is C25H27ClN4O6S. The second kappa shape index (κ2) is 13.1. The van der Waals surface area contributed by atoms with Crippen molar-refractivity contribution in [2.75, 3.05) is 31.9 Å². The zero-order valence-corrected chi connectivity index (χ0v) is 22.4. The summed E-state index contributed by atoms with van der Waals surface area (Å²) in [5.74, 6) is -0.0275. The largest absolute Gasteiger partial charge is 0.493 e. The molecule has 1 amide bonds. The number of hydrogen-bond donors (Lipinski definition) is 1. The lowest BCUT2D eigenvalue weighted by atomic mass is 10.1. The highest BCUT2D eigenvalue weighted by atomic mass is 35.5. The second-order valence-corrected chi connectivity index (χ2v) is 9.32. The van der Waals surface area contributed by atoms with E-state index in [4.69, 9.17) is 25.8 Å². The van der Waals surface area contributed by atoms with Crippen molar-refractivity contribution < 1.29 is 28.6 Å². The number of halogens is 1. The van der Waals surface area contributed by atoms with E-state index in [0.717, 1.165) is 23.6 Å². The molecule has 0 saturated carbocycles. The summed E-state index contributed by atoms with van der Waals surface area (Å²) in [6.45, 7) is 2.45. The molecule has 10 nitrogen and oxygen atoms in total. The van der Waals surface area contributed by atoms with E-state index in [1.54, 1.807) is 6.07 Å². The number of methoxy groups -OCH3 is 2. The molecule has 2 aromatic carbocycles. The van der Waals surface area contributed by atoms with Crippen LogP contribution in [0.2, 0.25) is 5.02 Å². The third-order valence-electron chi connectivity index (χ3n) is 5.26. The van der Waals surface area contributed by atoms with Crippen LogP contribution in [0, 0.1) is 6.92 Å². The lowest BCUT2D eigenvalue weighted by molar-refractivity contribution is -0.113. The van der Waals surface area contributed by atoms with Crippen LogP contribution in [-0.4, -0.2) is 59.2 Å². The Morgan fingerprint density at radius 3 is 2.32 bits per heavy atom. The van der Waals surface area contributed by atoms with Crippen LogP contribution in [0.4, 0.5) is 5.69 Å². The predicted molar refractivity (Wildman–Crippen MR) is 139 cm³/mol. The van der Waals surface area contributed by atoms with Crippen molar-refractivity contribution in [1.82, 2.24) is 14.8 Å². The molecule has 1 aromatic heterocycles. The molecule has 1 N–H and O–H groups in total. The number of rotatable bonds is 11. The topological polar surface area (TPSA) is 122 Å². The summed E-state index contributed by atoms with van der Waals surface area (Å²) in [4.78, 5) is 36.4. The molecule has 3 rings (SSSR count). The third kappa shape index (κ3) is 7.70. The van der Waals surface area contributed by atoms with Gasteiger partial charge < -0.3 is 24.1 Å². The lowest BCUT2D eigenvalue weighted by Crippen LogP contribution is -2.16. The number of benzene rings is 2. The summed E-state index contributed by atoms with van der Waals surface area (Å²) < 4.78 is 17.1. The molecule has 0 aliphatic carbocycles. The van der Waals surface area contributed by atoms with Gasteiger partial charge in [0.1, 0.15) is 11.6 Å². The first-order valence-electron chi connectivity index (χ1n) is 11.2. The first-order chi connectivity index (χ1) is 17.7. The maximum atomic E-state index is 12.6. The standard InChI is InChI=1S/C25H27ClN4O6S/c1-15-10-18(26)7-8-20(15)36-9-5-6-21-28-29-25(30(21)2)37-14-22(31)27-19-12-16(23(32)34-3)11-17(13-19)24(33)35-4/h7-8,10-13H,5-6,9,14H2,1-4H3,(H,27,31). The number of esters is 2. The van der Waals surface area contributed by atoms with Crippen molar-refractivity contribution >= 4 is 46.9 Å². The van der Waals surface area contributed by atoms with E-state index in [-0.39, 0.29) is 28.5 Å². The summed E-state index contributed by atoms with van der Waals surface area (Å²) in [7, 11) is 4.29. The zero-order chi connectivity index (χ0) is 26.9. The smallest absolute Gasteiger partial charge is 0.337 e. The number of amides is 1. The second-order valence-electron chi connectivity index (χ2n) is 7.94. The zero-order valence-electron chi connectivity index (χ0n) is 20.9. The molecular weight excluding hydrogens is 520 g/mol. The predicted octanol–water partition coefficient (Wildman–Crippen LogP) is 4.09. The molecule has 0 aliphatic rings. The van der Waals surface area contributed by atoms with Crippen molar-refractivity contribution in [2.45, 2.75) is 24.9 Å². The molecule has 0 bridgehead atoms. The van der Waals surface area contributed by atoms with Gasteiger partial charge in [0.2, 0.25) is 5.91 Å². The monoisotopic (exact) mass is 546 g/mol.